The topological polar surface area (TPSA) is 62.1 Å². The summed E-state index contributed by atoms with van der Waals surface area (Å²) in [6, 6.07) is 11.9. The second-order valence-corrected chi connectivity index (χ2v) is 8.18. The molecule has 2 aromatic heterocycles. The maximum Gasteiger partial charge on any atom is 0.341 e. The third-order valence-electron chi connectivity index (χ3n) is 4.87. The van der Waals surface area contributed by atoms with Crippen LogP contribution in [0.2, 0.25) is 0 Å². The van der Waals surface area contributed by atoms with Gasteiger partial charge in [-0.1, -0.05) is 6.07 Å². The molecule has 0 saturated carbocycles. The molecule has 3 aromatic rings. The lowest BCUT2D eigenvalue weighted by Gasteiger charge is -2.25. The number of esters is 1. The van der Waals surface area contributed by atoms with Crippen LogP contribution < -0.4 is 4.74 Å². The standard InChI is InChI=1S/C23H26N2O4/c1-23(2,3)29-21(22(26)27-4)19-20(25-12-6-5-9-18(25)24-19)16-10-11-17-15(14-16)8-7-13-28-17/h5-6,9-12,14,21H,7-8,13H2,1-4H3. The van der Waals surface area contributed by atoms with E-state index >= 15 is 0 Å². The van der Waals surface area contributed by atoms with E-state index in [4.69, 9.17) is 19.2 Å². The zero-order chi connectivity index (χ0) is 20.6. The highest BCUT2D eigenvalue weighted by atomic mass is 16.6. The van der Waals surface area contributed by atoms with Gasteiger partial charge in [0.2, 0.25) is 0 Å². The molecular weight excluding hydrogens is 368 g/mol. The Balaban J connectivity index is 1.92. The molecule has 0 bridgehead atoms. The Morgan fingerprint density at radius 3 is 2.83 bits per heavy atom. The molecule has 0 radical (unpaired) electrons. The van der Waals surface area contributed by atoms with E-state index in [1.807, 2.05) is 61.7 Å². The van der Waals surface area contributed by atoms with Gasteiger partial charge in [0.05, 0.1) is 25.0 Å². The normalized spacial score (nSPS) is 14.9. The highest BCUT2D eigenvalue weighted by Gasteiger charge is 2.33. The molecule has 0 fully saturated rings. The third kappa shape index (κ3) is 3.85. The Kier molecular flexibility index (Phi) is 5.04. The van der Waals surface area contributed by atoms with Crippen LogP contribution in [-0.4, -0.2) is 34.7 Å². The lowest BCUT2D eigenvalue weighted by atomic mass is 9.99. The largest absolute Gasteiger partial charge is 0.493 e. The molecule has 1 aliphatic heterocycles. The molecule has 3 heterocycles. The first-order chi connectivity index (χ1) is 13.9. The van der Waals surface area contributed by atoms with Crippen LogP contribution in [0.3, 0.4) is 0 Å². The molecule has 0 N–H and O–H groups in total. The first-order valence-corrected chi connectivity index (χ1v) is 9.86. The van der Waals surface area contributed by atoms with E-state index in [-0.39, 0.29) is 0 Å². The van der Waals surface area contributed by atoms with Crippen molar-refractivity contribution in [2.75, 3.05) is 13.7 Å². The number of pyridine rings is 1. The van der Waals surface area contributed by atoms with Crippen molar-refractivity contribution in [1.82, 2.24) is 9.38 Å². The van der Waals surface area contributed by atoms with E-state index in [9.17, 15) is 4.79 Å². The molecule has 6 nitrogen and oxygen atoms in total. The van der Waals surface area contributed by atoms with Crippen molar-refractivity contribution in [1.29, 1.82) is 0 Å². The molecule has 29 heavy (non-hydrogen) atoms. The molecule has 1 atom stereocenters. The number of benzene rings is 1. The van der Waals surface area contributed by atoms with Crippen molar-refractivity contribution in [2.45, 2.75) is 45.3 Å². The van der Waals surface area contributed by atoms with Crippen LogP contribution in [0.1, 0.15) is 44.6 Å². The second kappa shape index (κ2) is 7.52. The quantitative estimate of drug-likeness (QED) is 0.616. The number of fused-ring (bicyclic) bond motifs is 2. The lowest BCUT2D eigenvalue weighted by Crippen LogP contribution is -2.28. The molecule has 152 valence electrons. The Hall–Kier alpha value is -2.86. The maximum atomic E-state index is 12.7. The fourth-order valence-corrected chi connectivity index (χ4v) is 3.67. The SMILES string of the molecule is COC(=O)C(OC(C)(C)C)c1nc2ccccn2c1-c1ccc2c(c1)CCCO2. The third-order valence-corrected chi connectivity index (χ3v) is 4.87. The van der Waals surface area contributed by atoms with Crippen LogP contribution in [0, 0.1) is 0 Å². The first-order valence-electron chi connectivity index (χ1n) is 9.86. The van der Waals surface area contributed by atoms with Crippen LogP contribution >= 0.6 is 0 Å². The molecule has 6 heteroatoms. The van der Waals surface area contributed by atoms with Gasteiger partial charge < -0.3 is 14.2 Å². The summed E-state index contributed by atoms with van der Waals surface area (Å²) in [5, 5.41) is 0. The van der Waals surface area contributed by atoms with Gasteiger partial charge in [0.15, 0.2) is 6.10 Å². The Bertz CT molecular complexity index is 1050. The van der Waals surface area contributed by atoms with Gasteiger partial charge in [-0.2, -0.15) is 0 Å². The molecule has 1 aliphatic rings. The Labute approximate surface area is 170 Å². The molecule has 1 aromatic carbocycles. The highest BCUT2D eigenvalue weighted by molar-refractivity contribution is 5.81. The van der Waals surface area contributed by atoms with Gasteiger partial charge in [0.25, 0.3) is 0 Å². The summed E-state index contributed by atoms with van der Waals surface area (Å²) in [7, 11) is 1.37. The van der Waals surface area contributed by atoms with Crippen molar-refractivity contribution in [3.8, 4) is 17.0 Å². The molecule has 0 spiro atoms. The average Bonchev–Trinajstić information content (AvgIpc) is 3.09. The summed E-state index contributed by atoms with van der Waals surface area (Å²) in [5.41, 5.74) is 3.71. The number of ether oxygens (including phenoxy) is 3. The van der Waals surface area contributed by atoms with Gasteiger partial charge in [-0.25, -0.2) is 9.78 Å². The first kappa shape index (κ1) is 19.5. The number of aromatic nitrogens is 2. The van der Waals surface area contributed by atoms with Gasteiger partial charge in [-0.3, -0.25) is 4.40 Å². The number of hydrogen-bond acceptors (Lipinski definition) is 5. The number of carbonyl (C=O) groups excluding carboxylic acids is 1. The number of nitrogens with zero attached hydrogens (tertiary/aromatic N) is 2. The number of rotatable bonds is 4. The van der Waals surface area contributed by atoms with Gasteiger partial charge >= 0.3 is 5.97 Å². The fraction of sp³-hybridized carbons (Fsp3) is 0.391. The monoisotopic (exact) mass is 394 g/mol. The average molecular weight is 394 g/mol. The highest BCUT2D eigenvalue weighted by Crippen LogP contribution is 2.36. The summed E-state index contributed by atoms with van der Waals surface area (Å²) < 4.78 is 18.9. The van der Waals surface area contributed by atoms with Crippen LogP contribution in [0.25, 0.3) is 16.9 Å². The van der Waals surface area contributed by atoms with Crippen molar-refractivity contribution in [3.63, 3.8) is 0 Å². The molecule has 1 unspecified atom stereocenters. The van der Waals surface area contributed by atoms with Gasteiger partial charge in [-0.15, -0.1) is 0 Å². The summed E-state index contributed by atoms with van der Waals surface area (Å²) >= 11 is 0. The second-order valence-electron chi connectivity index (χ2n) is 8.18. The van der Waals surface area contributed by atoms with E-state index in [2.05, 4.69) is 6.07 Å². The fourth-order valence-electron chi connectivity index (χ4n) is 3.67. The van der Waals surface area contributed by atoms with Crippen LogP contribution in [0.4, 0.5) is 0 Å². The Morgan fingerprint density at radius 1 is 1.24 bits per heavy atom. The Morgan fingerprint density at radius 2 is 2.07 bits per heavy atom. The molecule has 0 aliphatic carbocycles. The van der Waals surface area contributed by atoms with E-state index < -0.39 is 17.7 Å². The number of hydrogen-bond donors (Lipinski definition) is 0. The number of carbonyl (C=O) groups is 1. The van der Waals surface area contributed by atoms with Gasteiger partial charge in [-0.05, 0) is 69.5 Å². The minimum Gasteiger partial charge on any atom is -0.493 e. The van der Waals surface area contributed by atoms with E-state index in [1.165, 1.54) is 7.11 Å². The van der Waals surface area contributed by atoms with E-state index in [1.54, 1.807) is 0 Å². The predicted molar refractivity (Wildman–Crippen MR) is 110 cm³/mol. The molecule has 0 amide bonds. The minimum atomic E-state index is -0.929. The summed E-state index contributed by atoms with van der Waals surface area (Å²) in [6.45, 7) is 6.48. The van der Waals surface area contributed by atoms with Crippen molar-refractivity contribution in [2.24, 2.45) is 0 Å². The number of aryl methyl sites for hydroxylation is 1. The summed E-state index contributed by atoms with van der Waals surface area (Å²) in [6.07, 6.45) is 2.98. The molecule has 0 saturated heterocycles. The van der Waals surface area contributed by atoms with Crippen molar-refractivity contribution in [3.05, 3.63) is 53.9 Å². The summed E-state index contributed by atoms with van der Waals surface area (Å²) in [4.78, 5) is 17.4. The minimum absolute atomic E-state index is 0.467. The number of methoxy groups -OCH3 is 1. The van der Waals surface area contributed by atoms with Gasteiger partial charge in [0.1, 0.15) is 17.1 Å². The zero-order valence-electron chi connectivity index (χ0n) is 17.3. The van der Waals surface area contributed by atoms with Crippen molar-refractivity contribution < 1.29 is 19.0 Å². The molecular formula is C23H26N2O4. The van der Waals surface area contributed by atoms with E-state index in [0.717, 1.165) is 47.7 Å². The van der Waals surface area contributed by atoms with Crippen LogP contribution in [-0.2, 0) is 20.7 Å². The van der Waals surface area contributed by atoms with E-state index in [0.29, 0.717) is 5.69 Å². The number of imidazole rings is 1. The lowest BCUT2D eigenvalue weighted by molar-refractivity contribution is -0.164. The maximum absolute atomic E-state index is 12.7. The summed E-state index contributed by atoms with van der Waals surface area (Å²) in [5.74, 6) is 0.455. The predicted octanol–water partition coefficient (Wildman–Crippen LogP) is 4.36. The van der Waals surface area contributed by atoms with Crippen LogP contribution in [0.15, 0.2) is 42.6 Å². The van der Waals surface area contributed by atoms with Gasteiger partial charge in [0, 0.05) is 11.8 Å². The van der Waals surface area contributed by atoms with Crippen LogP contribution in [0.5, 0.6) is 5.75 Å². The zero-order valence-corrected chi connectivity index (χ0v) is 17.3. The smallest absolute Gasteiger partial charge is 0.341 e. The van der Waals surface area contributed by atoms with Crippen molar-refractivity contribution >= 4 is 11.6 Å². The molecule has 4 rings (SSSR count).